The molecule has 0 unspecified atom stereocenters. The maximum Gasteiger partial charge on any atom is 0.279 e. The molecule has 0 atom stereocenters. The lowest BCUT2D eigenvalue weighted by atomic mass is 10.4. The van der Waals surface area contributed by atoms with Crippen LogP contribution in [0.25, 0.3) is 0 Å². The fourth-order valence-corrected chi connectivity index (χ4v) is 3.60. The third-order valence-electron chi connectivity index (χ3n) is 2.15. The molecule has 98 valence electrons. The van der Waals surface area contributed by atoms with Crippen molar-refractivity contribution >= 4 is 37.5 Å². The van der Waals surface area contributed by atoms with E-state index < -0.39 is 10.2 Å². The van der Waals surface area contributed by atoms with Gasteiger partial charge >= 0.3 is 0 Å². The summed E-state index contributed by atoms with van der Waals surface area (Å²) in [5, 5.41) is 0. The molecular formula is C9H16BrN3O2S2. The van der Waals surface area contributed by atoms with Crippen LogP contribution in [-0.2, 0) is 16.8 Å². The lowest BCUT2D eigenvalue weighted by Crippen LogP contribution is -2.38. The zero-order chi connectivity index (χ0) is 12.9. The highest BCUT2D eigenvalue weighted by Gasteiger charge is 2.16. The largest absolute Gasteiger partial charge is 0.330 e. The van der Waals surface area contributed by atoms with Crippen molar-refractivity contribution in [2.45, 2.75) is 13.0 Å². The molecule has 1 rings (SSSR count). The second-order valence-corrected chi connectivity index (χ2v) is 7.91. The van der Waals surface area contributed by atoms with Crippen LogP contribution >= 0.6 is 27.3 Å². The number of nitrogens with zero attached hydrogens (tertiary/aromatic N) is 1. The molecule has 0 amide bonds. The third-order valence-corrected chi connectivity index (χ3v) is 5.28. The maximum absolute atomic E-state index is 11.8. The van der Waals surface area contributed by atoms with Crippen molar-refractivity contribution in [1.82, 2.24) is 9.03 Å². The summed E-state index contributed by atoms with van der Waals surface area (Å²) in [4.78, 5) is 0.965. The van der Waals surface area contributed by atoms with E-state index in [-0.39, 0.29) is 0 Å². The normalized spacial score (nSPS) is 12.2. The number of nitrogens with one attached hydrogen (secondary N) is 1. The molecule has 0 aliphatic rings. The number of thiophene rings is 1. The summed E-state index contributed by atoms with van der Waals surface area (Å²) in [5.41, 5.74) is 5.34. The molecule has 1 aromatic heterocycles. The number of hydrogen-bond donors (Lipinski definition) is 2. The van der Waals surface area contributed by atoms with E-state index in [0.29, 0.717) is 26.1 Å². The molecule has 0 spiro atoms. The summed E-state index contributed by atoms with van der Waals surface area (Å²) in [5.74, 6) is 0. The lowest BCUT2D eigenvalue weighted by Gasteiger charge is -2.16. The quantitative estimate of drug-likeness (QED) is 0.780. The van der Waals surface area contributed by atoms with Crippen molar-refractivity contribution in [3.05, 3.63) is 20.8 Å². The van der Waals surface area contributed by atoms with Gasteiger partial charge < -0.3 is 5.73 Å². The highest BCUT2D eigenvalue weighted by atomic mass is 79.9. The molecule has 0 aliphatic heterocycles. The monoisotopic (exact) mass is 341 g/mol. The SMILES string of the molecule is CN(CCCN)S(=O)(=O)NCc1ccc(Br)s1. The van der Waals surface area contributed by atoms with Gasteiger partial charge in [0, 0.05) is 25.0 Å². The molecule has 0 saturated heterocycles. The predicted octanol–water partition coefficient (Wildman–Crippen LogP) is 1.13. The minimum absolute atomic E-state index is 0.311. The van der Waals surface area contributed by atoms with Gasteiger partial charge in [-0.3, -0.25) is 0 Å². The van der Waals surface area contributed by atoms with Gasteiger partial charge in [-0.25, -0.2) is 0 Å². The van der Waals surface area contributed by atoms with Crippen LogP contribution in [0.15, 0.2) is 15.9 Å². The van der Waals surface area contributed by atoms with Crippen molar-refractivity contribution in [3.63, 3.8) is 0 Å². The fraction of sp³-hybridized carbons (Fsp3) is 0.556. The summed E-state index contributed by atoms with van der Waals surface area (Å²) >= 11 is 4.84. The van der Waals surface area contributed by atoms with E-state index in [4.69, 9.17) is 5.73 Å². The van der Waals surface area contributed by atoms with Crippen LogP contribution in [0.4, 0.5) is 0 Å². The van der Waals surface area contributed by atoms with Gasteiger partial charge in [0.15, 0.2) is 0 Å². The van der Waals surface area contributed by atoms with Crippen LogP contribution in [0.1, 0.15) is 11.3 Å². The second kappa shape index (κ2) is 6.81. The first-order valence-electron chi connectivity index (χ1n) is 5.11. The van der Waals surface area contributed by atoms with Crippen LogP contribution < -0.4 is 10.5 Å². The summed E-state index contributed by atoms with van der Waals surface area (Å²) in [7, 11) is -1.86. The van der Waals surface area contributed by atoms with Gasteiger partial charge in [-0.15, -0.1) is 11.3 Å². The van der Waals surface area contributed by atoms with Gasteiger partial charge in [0.25, 0.3) is 10.2 Å². The van der Waals surface area contributed by atoms with Crippen LogP contribution in [0.3, 0.4) is 0 Å². The molecule has 0 aromatic carbocycles. The van der Waals surface area contributed by atoms with Crippen molar-refractivity contribution in [3.8, 4) is 0 Å². The third kappa shape index (κ3) is 5.02. The van der Waals surface area contributed by atoms with E-state index in [1.54, 1.807) is 7.05 Å². The van der Waals surface area contributed by atoms with E-state index in [2.05, 4.69) is 20.7 Å². The summed E-state index contributed by atoms with van der Waals surface area (Å²) in [6.45, 7) is 1.23. The van der Waals surface area contributed by atoms with Crippen LogP contribution in [0.2, 0.25) is 0 Å². The zero-order valence-corrected chi connectivity index (χ0v) is 12.7. The van der Waals surface area contributed by atoms with Crippen molar-refractivity contribution in [2.75, 3.05) is 20.1 Å². The van der Waals surface area contributed by atoms with Gasteiger partial charge in [-0.1, -0.05) is 0 Å². The van der Waals surface area contributed by atoms with E-state index in [0.717, 1.165) is 8.66 Å². The standard InChI is InChI=1S/C9H16BrN3O2S2/c1-13(6-2-5-11)17(14,15)12-7-8-3-4-9(10)16-8/h3-4,12H,2,5-7,11H2,1H3. The van der Waals surface area contributed by atoms with Crippen LogP contribution in [0.5, 0.6) is 0 Å². The van der Waals surface area contributed by atoms with Gasteiger partial charge in [0.05, 0.1) is 3.79 Å². The summed E-state index contributed by atoms with van der Waals surface area (Å²) in [6.07, 6.45) is 0.655. The molecule has 1 aromatic rings. The molecule has 3 N–H and O–H groups in total. The van der Waals surface area contributed by atoms with Gasteiger partial charge in [-0.2, -0.15) is 17.4 Å². The number of halogens is 1. The number of nitrogens with two attached hydrogens (primary N) is 1. The maximum atomic E-state index is 11.8. The Bertz CT molecular complexity index is 447. The van der Waals surface area contributed by atoms with E-state index >= 15 is 0 Å². The van der Waals surface area contributed by atoms with Gasteiger partial charge in [-0.05, 0) is 41.0 Å². The molecule has 0 radical (unpaired) electrons. The Labute approximate surface area is 114 Å². The molecule has 17 heavy (non-hydrogen) atoms. The molecule has 5 nitrogen and oxygen atoms in total. The van der Waals surface area contributed by atoms with Crippen LogP contribution in [-0.4, -0.2) is 32.9 Å². The molecule has 0 aliphatic carbocycles. The van der Waals surface area contributed by atoms with E-state index in [9.17, 15) is 8.42 Å². The van der Waals surface area contributed by atoms with E-state index in [1.165, 1.54) is 15.6 Å². The average Bonchev–Trinajstić information content (AvgIpc) is 2.69. The van der Waals surface area contributed by atoms with Gasteiger partial charge in [0.2, 0.25) is 0 Å². The summed E-state index contributed by atoms with van der Waals surface area (Å²) in [6, 6.07) is 3.78. The Morgan fingerprint density at radius 3 is 2.76 bits per heavy atom. The molecule has 8 heteroatoms. The number of rotatable bonds is 7. The molecule has 1 heterocycles. The Morgan fingerprint density at radius 1 is 1.53 bits per heavy atom. The first kappa shape index (κ1) is 15.1. The molecule has 0 saturated carbocycles. The zero-order valence-electron chi connectivity index (χ0n) is 9.52. The minimum Gasteiger partial charge on any atom is -0.330 e. The Hall–Kier alpha value is 0.01000. The van der Waals surface area contributed by atoms with Crippen LogP contribution in [0, 0.1) is 0 Å². The van der Waals surface area contributed by atoms with Crippen molar-refractivity contribution in [1.29, 1.82) is 0 Å². The Balaban J connectivity index is 2.49. The van der Waals surface area contributed by atoms with Gasteiger partial charge in [0.1, 0.15) is 0 Å². The summed E-state index contributed by atoms with van der Waals surface area (Å²) < 4.78 is 28.4. The molecule has 0 fully saturated rings. The number of hydrogen-bond acceptors (Lipinski definition) is 4. The Kier molecular flexibility index (Phi) is 6.04. The lowest BCUT2D eigenvalue weighted by molar-refractivity contribution is 0.453. The molecule has 0 bridgehead atoms. The first-order chi connectivity index (χ1) is 7.95. The topological polar surface area (TPSA) is 75.4 Å². The van der Waals surface area contributed by atoms with Crippen molar-refractivity contribution < 1.29 is 8.42 Å². The smallest absolute Gasteiger partial charge is 0.279 e. The van der Waals surface area contributed by atoms with E-state index in [1.807, 2.05) is 12.1 Å². The fourth-order valence-electron chi connectivity index (χ4n) is 1.15. The average molecular weight is 342 g/mol. The highest BCUT2D eigenvalue weighted by molar-refractivity contribution is 9.11. The highest BCUT2D eigenvalue weighted by Crippen LogP contribution is 2.21. The Morgan fingerprint density at radius 2 is 2.24 bits per heavy atom. The predicted molar refractivity (Wildman–Crippen MR) is 74.1 cm³/mol. The van der Waals surface area contributed by atoms with Crippen molar-refractivity contribution in [2.24, 2.45) is 5.73 Å². The first-order valence-corrected chi connectivity index (χ1v) is 8.16. The second-order valence-electron chi connectivity index (χ2n) is 3.50. The minimum atomic E-state index is -3.40. The molecular weight excluding hydrogens is 326 g/mol.